The number of hydrogen-bond acceptors (Lipinski definition) is 5. The molecule has 178 valence electrons. The Morgan fingerprint density at radius 3 is 2.62 bits per heavy atom. The first-order valence-corrected chi connectivity index (χ1v) is 11.9. The minimum Gasteiger partial charge on any atom is -0.485 e. The zero-order valence-corrected chi connectivity index (χ0v) is 20.4. The van der Waals surface area contributed by atoms with Crippen molar-refractivity contribution in [2.24, 2.45) is 16.6 Å². The second-order valence-electron chi connectivity index (χ2n) is 10.9. The molecule has 2 aliphatic heterocycles. The van der Waals surface area contributed by atoms with Gasteiger partial charge in [0.1, 0.15) is 17.4 Å². The van der Waals surface area contributed by atoms with Gasteiger partial charge in [0.05, 0.1) is 18.0 Å². The molecule has 2 heterocycles. The normalized spacial score (nSPS) is 26.4. The minimum atomic E-state index is -0.729. The first-order chi connectivity index (χ1) is 16.0. The molecule has 0 radical (unpaired) electrons. The van der Waals surface area contributed by atoms with Crippen LogP contribution in [0.5, 0.6) is 5.75 Å². The maximum absolute atomic E-state index is 13.3. The predicted molar refractivity (Wildman–Crippen MR) is 131 cm³/mol. The van der Waals surface area contributed by atoms with Crippen molar-refractivity contribution in [3.8, 4) is 5.75 Å². The number of nitrogens with two attached hydrogens (primary N) is 1. The van der Waals surface area contributed by atoms with E-state index in [9.17, 15) is 9.59 Å². The van der Waals surface area contributed by atoms with Crippen LogP contribution in [0.2, 0.25) is 0 Å². The Balaban J connectivity index is 1.47. The summed E-state index contributed by atoms with van der Waals surface area (Å²) in [5, 5.41) is 3.23. The number of nitrogens with zero attached hydrogens (tertiary/aromatic N) is 2. The lowest BCUT2D eigenvalue weighted by molar-refractivity contribution is -0.133. The van der Waals surface area contributed by atoms with Crippen molar-refractivity contribution in [3.63, 3.8) is 0 Å². The summed E-state index contributed by atoms with van der Waals surface area (Å²) in [5.74, 6) is 0.903. The van der Waals surface area contributed by atoms with Crippen molar-refractivity contribution in [2.45, 2.75) is 70.7 Å². The van der Waals surface area contributed by atoms with Gasteiger partial charge < -0.3 is 15.8 Å². The van der Waals surface area contributed by atoms with E-state index in [1.54, 1.807) is 6.07 Å². The van der Waals surface area contributed by atoms with Crippen molar-refractivity contribution in [1.29, 1.82) is 0 Å². The van der Waals surface area contributed by atoms with Gasteiger partial charge in [0.15, 0.2) is 5.96 Å². The van der Waals surface area contributed by atoms with E-state index in [4.69, 9.17) is 10.5 Å². The first kappa shape index (κ1) is 22.4. The zero-order valence-electron chi connectivity index (χ0n) is 20.4. The van der Waals surface area contributed by atoms with Gasteiger partial charge in [0.2, 0.25) is 5.91 Å². The number of rotatable bonds is 3. The topological polar surface area (TPSA) is 97.0 Å². The van der Waals surface area contributed by atoms with E-state index < -0.39 is 17.2 Å². The predicted octanol–water partition coefficient (Wildman–Crippen LogP) is 3.89. The standard InChI is InChI=1S/C27H32N4O3/c1-15-12-16-8-6-7-9-18(16)22(15)29-24(33)17-10-11-20-19(13-17)23(27(4,5)34-20)31-21(32)14-26(2,3)30-25(31)28/h6-11,13,15,22-23H,12,14H2,1-5H3,(H2,28,30)(H,29,33). The summed E-state index contributed by atoms with van der Waals surface area (Å²) >= 11 is 0. The molecule has 5 rings (SSSR count). The van der Waals surface area contributed by atoms with Crippen LogP contribution in [0.1, 0.15) is 80.2 Å². The maximum atomic E-state index is 13.3. The monoisotopic (exact) mass is 460 g/mol. The number of benzene rings is 2. The van der Waals surface area contributed by atoms with Crippen molar-refractivity contribution >= 4 is 17.8 Å². The summed E-state index contributed by atoms with van der Waals surface area (Å²) in [6.07, 6.45) is 1.20. The lowest BCUT2D eigenvalue weighted by Crippen LogP contribution is -2.55. The third-order valence-electron chi connectivity index (χ3n) is 7.16. The van der Waals surface area contributed by atoms with Crippen LogP contribution in [-0.2, 0) is 11.2 Å². The molecule has 0 saturated heterocycles. The Labute approximate surface area is 200 Å². The number of carbonyl (C=O) groups is 2. The highest BCUT2D eigenvalue weighted by molar-refractivity contribution is 6.00. The molecular formula is C27H32N4O3. The van der Waals surface area contributed by atoms with Gasteiger partial charge in [-0.15, -0.1) is 0 Å². The van der Waals surface area contributed by atoms with Crippen molar-refractivity contribution in [2.75, 3.05) is 0 Å². The van der Waals surface area contributed by atoms with Gasteiger partial charge in [-0.25, -0.2) is 4.99 Å². The molecule has 0 saturated carbocycles. The van der Waals surface area contributed by atoms with Gasteiger partial charge in [-0.3, -0.25) is 14.5 Å². The van der Waals surface area contributed by atoms with Gasteiger partial charge in [0, 0.05) is 11.1 Å². The number of carbonyl (C=O) groups excluding carboxylic acids is 2. The summed E-state index contributed by atoms with van der Waals surface area (Å²) < 4.78 is 6.20. The summed E-state index contributed by atoms with van der Waals surface area (Å²) in [6.45, 7) is 9.79. The molecule has 2 aromatic carbocycles. The van der Waals surface area contributed by atoms with Crippen LogP contribution in [0.25, 0.3) is 0 Å². The minimum absolute atomic E-state index is 0.0332. The van der Waals surface area contributed by atoms with Crippen LogP contribution in [0, 0.1) is 5.92 Å². The smallest absolute Gasteiger partial charge is 0.251 e. The molecule has 0 spiro atoms. The Morgan fingerprint density at radius 2 is 1.88 bits per heavy atom. The molecule has 0 aromatic heterocycles. The molecule has 2 amide bonds. The average Bonchev–Trinajstić information content (AvgIpc) is 3.19. The highest BCUT2D eigenvalue weighted by atomic mass is 16.5. The van der Waals surface area contributed by atoms with Gasteiger partial charge in [-0.05, 0) is 69.4 Å². The van der Waals surface area contributed by atoms with Crippen LogP contribution < -0.4 is 15.8 Å². The Hall–Kier alpha value is -3.35. The van der Waals surface area contributed by atoms with Crippen LogP contribution in [0.15, 0.2) is 47.5 Å². The Kier molecular flexibility index (Phi) is 5.01. The third kappa shape index (κ3) is 3.63. The SMILES string of the molecule is CC1Cc2ccccc2C1NC(=O)c1ccc2c(c1)C(N1C(=O)CC(C)(C)N=C1N)C(C)(C)O2. The second kappa shape index (κ2) is 7.58. The summed E-state index contributed by atoms with van der Waals surface area (Å²) in [4.78, 5) is 32.6. The van der Waals surface area contributed by atoms with Gasteiger partial charge in [0.25, 0.3) is 5.91 Å². The van der Waals surface area contributed by atoms with E-state index in [2.05, 4.69) is 29.4 Å². The van der Waals surface area contributed by atoms with E-state index in [1.165, 1.54) is 16.0 Å². The lowest BCUT2D eigenvalue weighted by atomic mass is 9.89. The van der Waals surface area contributed by atoms with Crippen LogP contribution in [0.3, 0.4) is 0 Å². The fourth-order valence-corrected chi connectivity index (χ4v) is 5.66. The van der Waals surface area contributed by atoms with Gasteiger partial charge in [-0.2, -0.15) is 0 Å². The van der Waals surface area contributed by atoms with Gasteiger partial charge in [-0.1, -0.05) is 31.2 Å². The second-order valence-corrected chi connectivity index (χ2v) is 10.9. The van der Waals surface area contributed by atoms with Crippen LogP contribution in [0.4, 0.5) is 0 Å². The molecule has 3 N–H and O–H groups in total. The molecule has 7 heteroatoms. The summed E-state index contributed by atoms with van der Waals surface area (Å²) in [7, 11) is 0. The van der Waals surface area contributed by atoms with Crippen LogP contribution in [-0.4, -0.2) is 33.8 Å². The quantitative estimate of drug-likeness (QED) is 0.726. The molecule has 2 aromatic rings. The molecule has 7 nitrogen and oxygen atoms in total. The highest BCUT2D eigenvalue weighted by Crippen LogP contribution is 2.48. The summed E-state index contributed by atoms with van der Waals surface area (Å²) in [5.41, 5.74) is 8.78. The third-order valence-corrected chi connectivity index (χ3v) is 7.16. The number of fused-ring (bicyclic) bond motifs is 2. The molecule has 1 aliphatic carbocycles. The fourth-order valence-electron chi connectivity index (χ4n) is 5.66. The van der Waals surface area contributed by atoms with Gasteiger partial charge >= 0.3 is 0 Å². The number of hydrogen-bond donors (Lipinski definition) is 2. The van der Waals surface area contributed by atoms with Crippen molar-refractivity contribution < 1.29 is 14.3 Å². The number of amides is 2. The lowest BCUT2D eigenvalue weighted by Gasteiger charge is -2.40. The molecular weight excluding hydrogens is 428 g/mol. The molecule has 0 fully saturated rings. The molecule has 0 bridgehead atoms. The number of guanidine groups is 1. The van der Waals surface area contributed by atoms with Crippen LogP contribution >= 0.6 is 0 Å². The number of nitrogens with one attached hydrogen (secondary N) is 1. The van der Waals surface area contributed by atoms with E-state index in [1.807, 2.05) is 52.0 Å². The zero-order chi connectivity index (χ0) is 24.4. The fraction of sp³-hybridized carbons (Fsp3) is 0.444. The van der Waals surface area contributed by atoms with E-state index in [0.717, 1.165) is 12.0 Å². The highest BCUT2D eigenvalue weighted by Gasteiger charge is 2.50. The summed E-state index contributed by atoms with van der Waals surface area (Å²) in [6, 6.07) is 13.2. The average molecular weight is 461 g/mol. The number of aliphatic imine (C=N–C) groups is 1. The maximum Gasteiger partial charge on any atom is 0.251 e. The Morgan fingerprint density at radius 1 is 1.15 bits per heavy atom. The molecule has 3 atom stereocenters. The van der Waals surface area contributed by atoms with Crippen molar-refractivity contribution in [1.82, 2.24) is 10.2 Å². The van der Waals surface area contributed by atoms with Crippen molar-refractivity contribution in [3.05, 3.63) is 64.7 Å². The molecule has 34 heavy (non-hydrogen) atoms. The first-order valence-electron chi connectivity index (χ1n) is 11.9. The molecule has 3 aliphatic rings. The number of ether oxygens (including phenoxy) is 1. The largest absolute Gasteiger partial charge is 0.485 e. The van der Waals surface area contributed by atoms with E-state index in [0.29, 0.717) is 17.2 Å². The van der Waals surface area contributed by atoms with E-state index >= 15 is 0 Å². The molecule has 3 unspecified atom stereocenters. The Bertz CT molecular complexity index is 1220. The van der Waals surface area contributed by atoms with E-state index in [-0.39, 0.29) is 30.2 Å².